The van der Waals surface area contributed by atoms with Gasteiger partial charge < -0.3 is 20.7 Å². The van der Waals surface area contributed by atoms with Crippen LogP contribution in [0.25, 0.3) is 22.2 Å². The Labute approximate surface area is 248 Å². The molecule has 0 bridgehead atoms. The molecule has 218 valence electrons. The summed E-state index contributed by atoms with van der Waals surface area (Å²) >= 11 is 6.75. The highest BCUT2D eigenvalue weighted by Crippen LogP contribution is 2.49. The third kappa shape index (κ3) is 5.71. The molecule has 6 rings (SSSR count). The monoisotopic (exact) mass is 589 g/mol. The van der Waals surface area contributed by atoms with Gasteiger partial charge in [-0.25, -0.2) is 9.37 Å². The van der Waals surface area contributed by atoms with Gasteiger partial charge in [0, 0.05) is 28.3 Å². The zero-order chi connectivity index (χ0) is 29.8. The minimum Gasteiger partial charge on any atom is -0.488 e. The first kappa shape index (κ1) is 28.5. The van der Waals surface area contributed by atoms with E-state index in [2.05, 4.69) is 4.98 Å². The number of amides is 1. The number of nitrogens with zero attached hydrogens (tertiary/aromatic N) is 2. The molecule has 0 spiro atoms. The SMILES string of the molecule is CC(C)(O)c1cc(C(O)(CCc2cnc3c(OC4CC4)cc(C(N)=O)cc3c2)C2CC2)nc(-c2ccc(F)cc2)c1Cl. The third-order valence-electron chi connectivity index (χ3n) is 8.13. The Kier molecular flexibility index (Phi) is 7.20. The number of pyridine rings is 2. The van der Waals surface area contributed by atoms with Gasteiger partial charge in [0.15, 0.2) is 0 Å². The van der Waals surface area contributed by atoms with Crippen LogP contribution in [0, 0.1) is 11.7 Å². The van der Waals surface area contributed by atoms with E-state index in [0.29, 0.717) is 52.2 Å². The fourth-order valence-corrected chi connectivity index (χ4v) is 5.87. The van der Waals surface area contributed by atoms with E-state index in [0.717, 1.165) is 36.6 Å². The molecule has 1 unspecified atom stereocenters. The molecule has 2 saturated carbocycles. The summed E-state index contributed by atoms with van der Waals surface area (Å²) in [6, 6.07) is 12.8. The van der Waals surface area contributed by atoms with Gasteiger partial charge in [-0.05, 0) is 112 Å². The summed E-state index contributed by atoms with van der Waals surface area (Å²) in [5.41, 5.74) is 6.66. The van der Waals surface area contributed by atoms with Gasteiger partial charge >= 0.3 is 0 Å². The number of primary amides is 1. The fraction of sp³-hybridized carbons (Fsp3) is 0.364. The van der Waals surface area contributed by atoms with Gasteiger partial charge in [-0.15, -0.1) is 0 Å². The second kappa shape index (κ2) is 10.6. The second-order valence-electron chi connectivity index (χ2n) is 12.1. The summed E-state index contributed by atoms with van der Waals surface area (Å²) in [4.78, 5) is 21.5. The molecule has 2 aromatic carbocycles. The Morgan fingerprint density at radius 1 is 1.10 bits per heavy atom. The first-order chi connectivity index (χ1) is 19.9. The number of hydrogen-bond donors (Lipinski definition) is 3. The lowest BCUT2D eigenvalue weighted by Crippen LogP contribution is -2.32. The largest absolute Gasteiger partial charge is 0.488 e. The maximum Gasteiger partial charge on any atom is 0.248 e. The Morgan fingerprint density at radius 3 is 2.43 bits per heavy atom. The van der Waals surface area contributed by atoms with Crippen molar-refractivity contribution in [2.24, 2.45) is 11.7 Å². The number of carbonyl (C=O) groups excluding carboxylic acids is 1. The molecule has 2 aliphatic carbocycles. The Bertz CT molecular complexity index is 1680. The van der Waals surface area contributed by atoms with Crippen LogP contribution in [0.3, 0.4) is 0 Å². The molecule has 2 heterocycles. The molecule has 2 fully saturated rings. The molecule has 9 heteroatoms. The second-order valence-corrected chi connectivity index (χ2v) is 12.4. The molecule has 7 nitrogen and oxygen atoms in total. The minimum atomic E-state index is -1.31. The molecule has 2 aliphatic rings. The molecule has 0 radical (unpaired) electrons. The van der Waals surface area contributed by atoms with E-state index in [1.165, 1.54) is 12.1 Å². The predicted octanol–water partition coefficient (Wildman–Crippen LogP) is 6.19. The van der Waals surface area contributed by atoms with Crippen LogP contribution in [-0.2, 0) is 17.6 Å². The zero-order valence-corrected chi connectivity index (χ0v) is 24.3. The summed E-state index contributed by atoms with van der Waals surface area (Å²) in [5.74, 6) is -0.404. The van der Waals surface area contributed by atoms with Gasteiger partial charge in [-0.1, -0.05) is 11.6 Å². The molecule has 4 aromatic rings. The van der Waals surface area contributed by atoms with Crippen molar-refractivity contribution in [3.05, 3.63) is 88.0 Å². The summed E-state index contributed by atoms with van der Waals surface area (Å²) in [6.07, 6.45) is 6.33. The van der Waals surface area contributed by atoms with Crippen LogP contribution in [0.4, 0.5) is 4.39 Å². The Morgan fingerprint density at radius 2 is 1.81 bits per heavy atom. The average molecular weight is 590 g/mol. The van der Waals surface area contributed by atoms with Crippen LogP contribution in [0.5, 0.6) is 5.75 Å². The van der Waals surface area contributed by atoms with Crippen molar-refractivity contribution in [1.82, 2.24) is 9.97 Å². The molecular weight excluding hydrogens is 557 g/mol. The van der Waals surface area contributed by atoms with Crippen molar-refractivity contribution in [3.8, 4) is 17.0 Å². The van der Waals surface area contributed by atoms with Crippen LogP contribution in [0.1, 0.15) is 73.1 Å². The summed E-state index contributed by atoms with van der Waals surface area (Å²) in [5, 5.41) is 24.2. The lowest BCUT2D eigenvalue weighted by atomic mass is 9.84. The molecule has 2 aromatic heterocycles. The normalized spacial score (nSPS) is 16.8. The number of hydrogen-bond acceptors (Lipinski definition) is 6. The van der Waals surface area contributed by atoms with Crippen LogP contribution >= 0.6 is 11.6 Å². The Hall–Kier alpha value is -3.59. The van der Waals surface area contributed by atoms with E-state index in [9.17, 15) is 19.4 Å². The zero-order valence-electron chi connectivity index (χ0n) is 23.5. The number of aryl methyl sites for hydroxylation is 1. The molecular formula is C33H33ClFN3O4. The standard InChI is InChI=1S/C33H33ClFN3O4/c1-32(2,40)25-16-27(38-30(28(25)34)19-3-7-23(35)8-4-19)33(41,22-5-6-22)12-11-18-13-20-14-21(31(36)39)15-26(29(20)37-17-18)42-24-9-10-24/h3-4,7-8,13-17,22,24,40-41H,5-6,9-12H2,1-2H3,(H2,36,39). The molecule has 4 N–H and O–H groups in total. The van der Waals surface area contributed by atoms with E-state index in [1.54, 1.807) is 50.4 Å². The number of ether oxygens (including phenoxy) is 1. The number of nitrogens with two attached hydrogens (primary N) is 1. The quantitative estimate of drug-likeness (QED) is 0.203. The molecule has 0 saturated heterocycles. The highest BCUT2D eigenvalue weighted by Gasteiger charge is 2.46. The summed E-state index contributed by atoms with van der Waals surface area (Å²) < 4.78 is 19.7. The van der Waals surface area contributed by atoms with Crippen molar-refractivity contribution in [1.29, 1.82) is 0 Å². The topological polar surface area (TPSA) is 119 Å². The van der Waals surface area contributed by atoms with Gasteiger partial charge in [0.2, 0.25) is 5.91 Å². The maximum absolute atomic E-state index is 13.7. The molecule has 1 atom stereocenters. The van der Waals surface area contributed by atoms with Crippen molar-refractivity contribution in [2.75, 3.05) is 0 Å². The number of aliphatic hydroxyl groups is 2. The molecule has 0 aliphatic heterocycles. The number of benzene rings is 2. The highest BCUT2D eigenvalue weighted by atomic mass is 35.5. The third-order valence-corrected chi connectivity index (χ3v) is 8.52. The van der Waals surface area contributed by atoms with Crippen LogP contribution < -0.4 is 10.5 Å². The molecule has 42 heavy (non-hydrogen) atoms. The lowest BCUT2D eigenvalue weighted by Gasteiger charge is -2.31. The van der Waals surface area contributed by atoms with Gasteiger partial charge in [-0.3, -0.25) is 9.78 Å². The van der Waals surface area contributed by atoms with E-state index >= 15 is 0 Å². The maximum atomic E-state index is 13.7. The van der Waals surface area contributed by atoms with Gasteiger partial charge in [-0.2, -0.15) is 0 Å². The van der Waals surface area contributed by atoms with Crippen molar-refractivity contribution < 1.29 is 24.1 Å². The Balaban J connectivity index is 1.37. The predicted molar refractivity (Wildman–Crippen MR) is 159 cm³/mol. The number of fused-ring (bicyclic) bond motifs is 1. The van der Waals surface area contributed by atoms with Crippen LogP contribution in [0.2, 0.25) is 5.02 Å². The lowest BCUT2D eigenvalue weighted by molar-refractivity contribution is -0.000365. The fourth-order valence-electron chi connectivity index (χ4n) is 5.43. The number of aromatic nitrogens is 2. The van der Waals surface area contributed by atoms with Crippen molar-refractivity contribution >= 4 is 28.4 Å². The number of halogens is 2. The molecule has 1 amide bonds. The van der Waals surface area contributed by atoms with Gasteiger partial charge in [0.05, 0.1) is 28.1 Å². The van der Waals surface area contributed by atoms with E-state index in [-0.39, 0.29) is 22.9 Å². The van der Waals surface area contributed by atoms with E-state index in [1.807, 2.05) is 6.07 Å². The first-order valence-electron chi connectivity index (χ1n) is 14.2. The summed E-state index contributed by atoms with van der Waals surface area (Å²) in [6.45, 7) is 3.26. The van der Waals surface area contributed by atoms with Gasteiger partial charge in [0.25, 0.3) is 0 Å². The van der Waals surface area contributed by atoms with Crippen molar-refractivity contribution in [3.63, 3.8) is 0 Å². The first-order valence-corrected chi connectivity index (χ1v) is 14.6. The number of carbonyl (C=O) groups is 1. The number of rotatable bonds is 10. The van der Waals surface area contributed by atoms with Crippen LogP contribution in [-0.4, -0.2) is 32.2 Å². The van der Waals surface area contributed by atoms with Crippen LogP contribution in [0.15, 0.2) is 54.7 Å². The minimum absolute atomic E-state index is 0.0182. The summed E-state index contributed by atoms with van der Waals surface area (Å²) in [7, 11) is 0. The highest BCUT2D eigenvalue weighted by molar-refractivity contribution is 6.34. The average Bonchev–Trinajstić information content (AvgIpc) is 3.86. The van der Waals surface area contributed by atoms with E-state index in [4.69, 9.17) is 27.1 Å². The van der Waals surface area contributed by atoms with E-state index < -0.39 is 17.1 Å². The van der Waals surface area contributed by atoms with Gasteiger partial charge in [0.1, 0.15) is 22.7 Å². The smallest absolute Gasteiger partial charge is 0.248 e. The van der Waals surface area contributed by atoms with Crippen molar-refractivity contribution in [2.45, 2.75) is 69.7 Å².